The van der Waals surface area contributed by atoms with Crippen molar-refractivity contribution in [2.75, 3.05) is 18.5 Å². The molecule has 4 nitrogen and oxygen atoms in total. The minimum absolute atomic E-state index is 0.135. The van der Waals surface area contributed by atoms with Gasteiger partial charge in [0.15, 0.2) is 0 Å². The van der Waals surface area contributed by atoms with Gasteiger partial charge in [-0.15, -0.1) is 0 Å². The number of carbonyl (C=O) groups is 1. The van der Waals surface area contributed by atoms with Crippen LogP contribution >= 0.6 is 27.5 Å². The van der Waals surface area contributed by atoms with Crippen LogP contribution in [-0.4, -0.2) is 30.6 Å². The lowest BCUT2D eigenvalue weighted by Gasteiger charge is -2.26. The zero-order chi connectivity index (χ0) is 17.0. The second-order valence-corrected chi connectivity index (χ2v) is 6.41. The number of hydrogen-bond donors (Lipinski definition) is 0. The van der Waals surface area contributed by atoms with Gasteiger partial charge in [-0.3, -0.25) is 0 Å². The highest BCUT2D eigenvalue weighted by molar-refractivity contribution is 9.09. The standard InChI is InChI=1S/C18H16BrClO4/c19-12-18(14-6-8-15(20)9-7-14)23-11-16(24-18)10-22-17(21)13-4-2-1-3-5-13/h1-9,16H,10-12H2/t16-,18-/m1/s1. The summed E-state index contributed by atoms with van der Waals surface area (Å²) in [6, 6.07) is 16.2. The van der Waals surface area contributed by atoms with E-state index in [9.17, 15) is 4.79 Å². The second-order valence-electron chi connectivity index (χ2n) is 5.41. The summed E-state index contributed by atoms with van der Waals surface area (Å²) in [6.45, 7) is 0.479. The lowest BCUT2D eigenvalue weighted by atomic mass is 10.1. The van der Waals surface area contributed by atoms with Crippen molar-refractivity contribution in [3.05, 3.63) is 70.7 Å². The highest BCUT2D eigenvalue weighted by atomic mass is 79.9. The van der Waals surface area contributed by atoms with Crippen molar-refractivity contribution in [1.82, 2.24) is 0 Å². The molecule has 1 heterocycles. The molecule has 6 heteroatoms. The average molecular weight is 412 g/mol. The van der Waals surface area contributed by atoms with E-state index in [0.29, 0.717) is 22.5 Å². The van der Waals surface area contributed by atoms with E-state index in [1.54, 1.807) is 36.4 Å². The van der Waals surface area contributed by atoms with Crippen LogP contribution < -0.4 is 0 Å². The van der Waals surface area contributed by atoms with Gasteiger partial charge in [-0.2, -0.15) is 0 Å². The summed E-state index contributed by atoms with van der Waals surface area (Å²) >= 11 is 9.37. The summed E-state index contributed by atoms with van der Waals surface area (Å²) in [6.07, 6.45) is -0.328. The van der Waals surface area contributed by atoms with Gasteiger partial charge in [0, 0.05) is 10.6 Å². The average Bonchev–Trinajstić information content (AvgIpc) is 3.06. The van der Waals surface area contributed by atoms with Crippen molar-refractivity contribution >= 4 is 33.5 Å². The third-order valence-corrected chi connectivity index (χ3v) is 4.72. The van der Waals surface area contributed by atoms with E-state index < -0.39 is 5.79 Å². The van der Waals surface area contributed by atoms with Crippen LogP contribution in [0.5, 0.6) is 0 Å². The molecular formula is C18H16BrClO4. The van der Waals surface area contributed by atoms with Crippen molar-refractivity contribution in [2.24, 2.45) is 0 Å². The molecule has 0 aromatic heterocycles. The molecule has 2 aromatic carbocycles. The van der Waals surface area contributed by atoms with Crippen LogP contribution in [0.25, 0.3) is 0 Å². The lowest BCUT2D eigenvalue weighted by Crippen LogP contribution is -2.31. The molecule has 0 saturated carbocycles. The minimum atomic E-state index is -0.894. The van der Waals surface area contributed by atoms with E-state index in [-0.39, 0.29) is 18.7 Å². The quantitative estimate of drug-likeness (QED) is 0.547. The molecule has 1 saturated heterocycles. The van der Waals surface area contributed by atoms with E-state index in [4.69, 9.17) is 25.8 Å². The van der Waals surface area contributed by atoms with Gasteiger partial charge in [0.25, 0.3) is 0 Å². The molecule has 0 amide bonds. The largest absolute Gasteiger partial charge is 0.459 e. The molecule has 0 spiro atoms. The first-order chi connectivity index (χ1) is 11.6. The number of halogens is 2. The molecule has 1 aliphatic heterocycles. The van der Waals surface area contributed by atoms with Crippen LogP contribution in [-0.2, 0) is 20.0 Å². The summed E-state index contributed by atoms with van der Waals surface area (Å²) in [5.74, 6) is -1.27. The molecule has 126 valence electrons. The predicted molar refractivity (Wildman–Crippen MR) is 94.5 cm³/mol. The molecule has 3 rings (SSSR count). The first kappa shape index (κ1) is 17.4. The first-order valence-corrected chi connectivity index (χ1v) is 8.99. The molecule has 1 fully saturated rings. The van der Waals surface area contributed by atoms with Gasteiger partial charge >= 0.3 is 5.97 Å². The Hall–Kier alpha value is -1.40. The first-order valence-electron chi connectivity index (χ1n) is 7.49. The fourth-order valence-corrected chi connectivity index (χ4v) is 3.22. The number of hydrogen-bond acceptors (Lipinski definition) is 4. The van der Waals surface area contributed by atoms with Crippen LogP contribution in [0.15, 0.2) is 54.6 Å². The zero-order valence-corrected chi connectivity index (χ0v) is 15.1. The maximum atomic E-state index is 12.0. The summed E-state index contributed by atoms with van der Waals surface area (Å²) in [5.41, 5.74) is 1.38. The minimum Gasteiger partial charge on any atom is -0.459 e. The Kier molecular flexibility index (Phi) is 5.56. The smallest absolute Gasteiger partial charge is 0.338 e. The summed E-state index contributed by atoms with van der Waals surface area (Å²) in [4.78, 5) is 12.0. The lowest BCUT2D eigenvalue weighted by molar-refractivity contribution is -0.160. The fourth-order valence-electron chi connectivity index (χ4n) is 2.48. The molecule has 1 aliphatic rings. The molecule has 0 unspecified atom stereocenters. The van der Waals surface area contributed by atoms with Crippen LogP contribution in [0.1, 0.15) is 15.9 Å². The van der Waals surface area contributed by atoms with Crippen LogP contribution in [0.3, 0.4) is 0 Å². The Morgan fingerprint density at radius 3 is 2.58 bits per heavy atom. The van der Waals surface area contributed by atoms with Gasteiger partial charge in [0.05, 0.1) is 17.5 Å². The van der Waals surface area contributed by atoms with Gasteiger partial charge in [0.2, 0.25) is 5.79 Å². The second kappa shape index (κ2) is 7.66. The van der Waals surface area contributed by atoms with E-state index in [0.717, 1.165) is 5.56 Å². The highest BCUT2D eigenvalue weighted by Gasteiger charge is 2.42. The normalized spacial score (nSPS) is 23.2. The van der Waals surface area contributed by atoms with Gasteiger partial charge < -0.3 is 14.2 Å². The van der Waals surface area contributed by atoms with Gasteiger partial charge in [-0.25, -0.2) is 4.79 Å². The maximum Gasteiger partial charge on any atom is 0.338 e. The Labute approximate surface area is 153 Å². The van der Waals surface area contributed by atoms with E-state index in [1.165, 1.54) is 0 Å². The Balaban J connectivity index is 1.62. The predicted octanol–water partition coefficient (Wildman–Crippen LogP) is 4.16. The van der Waals surface area contributed by atoms with Crippen molar-refractivity contribution < 1.29 is 19.0 Å². The molecule has 0 bridgehead atoms. The van der Waals surface area contributed by atoms with Crippen molar-refractivity contribution in [2.45, 2.75) is 11.9 Å². The molecule has 0 N–H and O–H groups in total. The summed E-state index contributed by atoms with van der Waals surface area (Å²) in [5, 5.41) is 1.11. The molecule has 2 aromatic rings. The number of benzene rings is 2. The summed E-state index contributed by atoms with van der Waals surface area (Å²) < 4.78 is 17.2. The molecular weight excluding hydrogens is 396 g/mol. The van der Waals surface area contributed by atoms with E-state index in [2.05, 4.69) is 15.9 Å². The van der Waals surface area contributed by atoms with E-state index >= 15 is 0 Å². The van der Waals surface area contributed by atoms with Gasteiger partial charge in [-0.1, -0.05) is 57.9 Å². The molecule has 0 aliphatic carbocycles. The molecule has 2 atom stereocenters. The number of ether oxygens (including phenoxy) is 3. The van der Waals surface area contributed by atoms with Crippen LogP contribution in [0.2, 0.25) is 5.02 Å². The third kappa shape index (κ3) is 3.81. The van der Waals surface area contributed by atoms with Gasteiger partial charge in [0.1, 0.15) is 12.7 Å². The molecule has 0 radical (unpaired) electrons. The highest BCUT2D eigenvalue weighted by Crippen LogP contribution is 2.36. The summed E-state index contributed by atoms with van der Waals surface area (Å²) in [7, 11) is 0. The number of carbonyl (C=O) groups excluding carboxylic acids is 1. The number of alkyl halides is 1. The Morgan fingerprint density at radius 2 is 1.92 bits per heavy atom. The fraction of sp³-hybridized carbons (Fsp3) is 0.278. The third-order valence-electron chi connectivity index (χ3n) is 3.73. The maximum absolute atomic E-state index is 12.0. The molecule has 24 heavy (non-hydrogen) atoms. The van der Waals surface area contributed by atoms with Crippen molar-refractivity contribution in [3.63, 3.8) is 0 Å². The number of rotatable bonds is 5. The zero-order valence-electron chi connectivity index (χ0n) is 12.8. The Morgan fingerprint density at radius 1 is 1.21 bits per heavy atom. The number of esters is 1. The van der Waals surface area contributed by atoms with Crippen LogP contribution in [0, 0.1) is 0 Å². The Bertz CT molecular complexity index is 692. The van der Waals surface area contributed by atoms with Crippen molar-refractivity contribution in [1.29, 1.82) is 0 Å². The monoisotopic (exact) mass is 410 g/mol. The van der Waals surface area contributed by atoms with Crippen LogP contribution in [0.4, 0.5) is 0 Å². The topological polar surface area (TPSA) is 44.8 Å². The van der Waals surface area contributed by atoms with E-state index in [1.807, 2.05) is 18.2 Å². The van der Waals surface area contributed by atoms with Gasteiger partial charge in [-0.05, 0) is 24.3 Å². The van der Waals surface area contributed by atoms with Crippen molar-refractivity contribution in [3.8, 4) is 0 Å². The SMILES string of the molecule is O=C(OC[C@@H]1CO[C@@](CBr)(c2ccc(Cl)cc2)O1)c1ccccc1.